The standard InChI is InChI=1S/C14H16N2O4S/c1-11-4-6-12(7-5-11)21(18,19)16-9-2-3-13(16)14(17)20-10-8-15/h4-7,13H,2-3,9-10H2,1H3/t13-/m0/s1. The van der Waals surface area contributed by atoms with Crippen molar-refractivity contribution in [3.05, 3.63) is 29.8 Å². The van der Waals surface area contributed by atoms with Crippen LogP contribution in [0.2, 0.25) is 0 Å². The Morgan fingerprint density at radius 2 is 2.10 bits per heavy atom. The predicted octanol–water partition coefficient (Wildman–Crippen LogP) is 1.21. The summed E-state index contributed by atoms with van der Waals surface area (Å²) in [7, 11) is -3.73. The van der Waals surface area contributed by atoms with Gasteiger partial charge in [-0.05, 0) is 31.9 Å². The van der Waals surface area contributed by atoms with Gasteiger partial charge in [-0.2, -0.15) is 9.57 Å². The van der Waals surface area contributed by atoms with Gasteiger partial charge in [0.25, 0.3) is 0 Å². The van der Waals surface area contributed by atoms with Gasteiger partial charge in [0.1, 0.15) is 12.1 Å². The van der Waals surface area contributed by atoms with E-state index in [1.54, 1.807) is 18.2 Å². The lowest BCUT2D eigenvalue weighted by Crippen LogP contribution is -2.41. The third-order valence-electron chi connectivity index (χ3n) is 3.38. The zero-order valence-corrected chi connectivity index (χ0v) is 12.5. The number of rotatable bonds is 4. The molecular weight excluding hydrogens is 292 g/mol. The smallest absolute Gasteiger partial charge is 0.325 e. The van der Waals surface area contributed by atoms with Gasteiger partial charge in [0.05, 0.1) is 4.90 Å². The highest BCUT2D eigenvalue weighted by atomic mass is 32.2. The van der Waals surface area contributed by atoms with Crippen molar-refractivity contribution in [3.8, 4) is 6.07 Å². The van der Waals surface area contributed by atoms with E-state index < -0.39 is 22.0 Å². The molecule has 0 spiro atoms. The first-order valence-corrected chi connectivity index (χ1v) is 8.03. The summed E-state index contributed by atoms with van der Waals surface area (Å²) in [5.41, 5.74) is 0.959. The quantitative estimate of drug-likeness (QED) is 0.780. The number of hydrogen-bond acceptors (Lipinski definition) is 5. The fraction of sp³-hybridized carbons (Fsp3) is 0.429. The van der Waals surface area contributed by atoms with Crippen LogP contribution in [-0.2, 0) is 19.6 Å². The van der Waals surface area contributed by atoms with Crippen LogP contribution in [0, 0.1) is 18.3 Å². The molecule has 1 aliphatic rings. The molecule has 0 bridgehead atoms. The molecule has 1 atom stereocenters. The fourth-order valence-electron chi connectivity index (χ4n) is 2.31. The summed E-state index contributed by atoms with van der Waals surface area (Å²) in [6.07, 6.45) is 1.01. The number of esters is 1. The topological polar surface area (TPSA) is 87.5 Å². The van der Waals surface area contributed by atoms with E-state index in [0.29, 0.717) is 12.8 Å². The minimum absolute atomic E-state index is 0.160. The van der Waals surface area contributed by atoms with E-state index in [1.807, 2.05) is 6.92 Å². The van der Waals surface area contributed by atoms with Crippen LogP contribution in [0.4, 0.5) is 0 Å². The number of nitrogens with zero attached hydrogens (tertiary/aromatic N) is 2. The molecule has 7 heteroatoms. The van der Waals surface area contributed by atoms with Gasteiger partial charge in [0, 0.05) is 6.54 Å². The third kappa shape index (κ3) is 3.23. The van der Waals surface area contributed by atoms with Crippen LogP contribution in [0.15, 0.2) is 29.2 Å². The summed E-state index contributed by atoms with van der Waals surface area (Å²) >= 11 is 0. The monoisotopic (exact) mass is 308 g/mol. The van der Waals surface area contributed by atoms with Crippen molar-refractivity contribution in [3.63, 3.8) is 0 Å². The van der Waals surface area contributed by atoms with Crippen molar-refractivity contribution in [2.24, 2.45) is 0 Å². The van der Waals surface area contributed by atoms with E-state index in [2.05, 4.69) is 0 Å². The highest BCUT2D eigenvalue weighted by Gasteiger charge is 2.40. The lowest BCUT2D eigenvalue weighted by Gasteiger charge is -2.22. The van der Waals surface area contributed by atoms with Crippen LogP contribution in [0.1, 0.15) is 18.4 Å². The van der Waals surface area contributed by atoms with Crippen molar-refractivity contribution in [1.29, 1.82) is 5.26 Å². The molecule has 1 saturated heterocycles. The van der Waals surface area contributed by atoms with Crippen LogP contribution >= 0.6 is 0 Å². The van der Waals surface area contributed by atoms with Crippen LogP contribution in [0.5, 0.6) is 0 Å². The minimum Gasteiger partial charge on any atom is -0.449 e. The van der Waals surface area contributed by atoms with Gasteiger partial charge in [-0.15, -0.1) is 0 Å². The summed E-state index contributed by atoms with van der Waals surface area (Å²) in [5, 5.41) is 8.43. The molecule has 1 aromatic rings. The SMILES string of the molecule is Cc1ccc(S(=O)(=O)N2CCC[C@H]2C(=O)OCC#N)cc1. The Hall–Kier alpha value is -1.91. The molecule has 21 heavy (non-hydrogen) atoms. The molecule has 1 aliphatic heterocycles. The van der Waals surface area contributed by atoms with E-state index in [9.17, 15) is 13.2 Å². The number of hydrogen-bond donors (Lipinski definition) is 0. The van der Waals surface area contributed by atoms with Crippen molar-refractivity contribution in [1.82, 2.24) is 4.31 Å². The zero-order chi connectivity index (χ0) is 15.5. The maximum absolute atomic E-state index is 12.6. The minimum atomic E-state index is -3.73. The summed E-state index contributed by atoms with van der Waals surface area (Å²) in [6.45, 7) is 1.78. The number of aryl methyl sites for hydroxylation is 1. The molecule has 0 amide bonds. The number of ether oxygens (including phenoxy) is 1. The molecule has 1 aromatic carbocycles. The van der Waals surface area contributed by atoms with Crippen molar-refractivity contribution < 1.29 is 17.9 Å². The normalized spacial score (nSPS) is 19.1. The first-order valence-electron chi connectivity index (χ1n) is 6.59. The summed E-state index contributed by atoms with van der Waals surface area (Å²) < 4.78 is 31.1. The molecule has 0 unspecified atom stereocenters. The fourth-order valence-corrected chi connectivity index (χ4v) is 3.96. The Labute approximate surface area is 124 Å². The molecule has 0 aromatic heterocycles. The second-order valence-electron chi connectivity index (χ2n) is 4.85. The molecule has 0 radical (unpaired) electrons. The van der Waals surface area contributed by atoms with Crippen molar-refractivity contribution in [2.75, 3.05) is 13.2 Å². The molecule has 112 valence electrons. The largest absolute Gasteiger partial charge is 0.449 e. The molecule has 2 rings (SSSR count). The summed E-state index contributed by atoms with van der Waals surface area (Å²) in [4.78, 5) is 12.0. The van der Waals surface area contributed by atoms with Gasteiger partial charge >= 0.3 is 5.97 Å². The molecule has 6 nitrogen and oxygen atoms in total. The Balaban J connectivity index is 2.24. The van der Waals surface area contributed by atoms with Crippen molar-refractivity contribution >= 4 is 16.0 Å². The lowest BCUT2D eigenvalue weighted by atomic mass is 10.2. The van der Waals surface area contributed by atoms with Gasteiger partial charge in [-0.25, -0.2) is 8.42 Å². The molecule has 1 heterocycles. The Kier molecular flexibility index (Phi) is 4.60. The first-order chi connectivity index (χ1) is 9.96. The Morgan fingerprint density at radius 3 is 2.71 bits per heavy atom. The van der Waals surface area contributed by atoms with E-state index in [-0.39, 0.29) is 18.0 Å². The third-order valence-corrected chi connectivity index (χ3v) is 5.30. The average molecular weight is 308 g/mol. The maximum Gasteiger partial charge on any atom is 0.325 e. The van der Waals surface area contributed by atoms with E-state index in [0.717, 1.165) is 9.87 Å². The van der Waals surface area contributed by atoms with Crippen LogP contribution in [-0.4, -0.2) is 37.9 Å². The molecule has 0 aliphatic carbocycles. The van der Waals surface area contributed by atoms with Gasteiger partial charge in [-0.1, -0.05) is 17.7 Å². The lowest BCUT2D eigenvalue weighted by molar-refractivity contribution is -0.146. The van der Waals surface area contributed by atoms with Crippen LogP contribution < -0.4 is 0 Å². The van der Waals surface area contributed by atoms with Crippen molar-refractivity contribution in [2.45, 2.75) is 30.7 Å². The number of sulfonamides is 1. The number of benzene rings is 1. The maximum atomic E-state index is 12.6. The van der Waals surface area contributed by atoms with Gasteiger partial charge in [0.2, 0.25) is 10.0 Å². The summed E-state index contributed by atoms with van der Waals surface area (Å²) in [5.74, 6) is -0.662. The van der Waals surface area contributed by atoms with E-state index in [1.165, 1.54) is 12.1 Å². The molecule has 1 fully saturated rings. The Morgan fingerprint density at radius 1 is 1.43 bits per heavy atom. The van der Waals surface area contributed by atoms with Gasteiger partial charge in [0.15, 0.2) is 6.61 Å². The molecule has 0 N–H and O–H groups in total. The Bertz CT molecular complexity index is 661. The van der Waals surface area contributed by atoms with Crippen LogP contribution in [0.3, 0.4) is 0 Å². The highest BCUT2D eigenvalue weighted by molar-refractivity contribution is 7.89. The number of nitriles is 1. The van der Waals surface area contributed by atoms with Crippen LogP contribution in [0.25, 0.3) is 0 Å². The number of carbonyl (C=O) groups excluding carboxylic acids is 1. The van der Waals surface area contributed by atoms with E-state index in [4.69, 9.17) is 10.00 Å². The molecular formula is C14H16N2O4S. The summed E-state index contributed by atoms with van der Waals surface area (Å²) in [6, 6.07) is 7.34. The van der Waals surface area contributed by atoms with Gasteiger partial charge in [-0.3, -0.25) is 4.79 Å². The second kappa shape index (κ2) is 6.24. The molecule has 0 saturated carbocycles. The average Bonchev–Trinajstić information content (AvgIpc) is 2.95. The predicted molar refractivity (Wildman–Crippen MR) is 74.7 cm³/mol. The number of carbonyl (C=O) groups is 1. The van der Waals surface area contributed by atoms with Gasteiger partial charge < -0.3 is 4.74 Å². The van der Waals surface area contributed by atoms with E-state index >= 15 is 0 Å². The highest BCUT2D eigenvalue weighted by Crippen LogP contribution is 2.27. The zero-order valence-electron chi connectivity index (χ0n) is 11.7. The second-order valence-corrected chi connectivity index (χ2v) is 6.74. The first kappa shape index (κ1) is 15.5.